The van der Waals surface area contributed by atoms with Crippen molar-refractivity contribution in [3.05, 3.63) is 24.3 Å². The Morgan fingerprint density at radius 2 is 2.11 bits per heavy atom. The average molecular weight is 278 g/mol. The lowest BCUT2D eigenvalue weighted by molar-refractivity contribution is -0.122. The molecule has 1 aliphatic carbocycles. The Morgan fingerprint density at radius 3 is 2.68 bits per heavy atom. The summed E-state index contributed by atoms with van der Waals surface area (Å²) in [7, 11) is 1.59. The molecule has 5 heteroatoms. The van der Waals surface area contributed by atoms with Crippen LogP contribution in [0.3, 0.4) is 0 Å². The Hall–Kier alpha value is -1.62. The van der Waals surface area contributed by atoms with E-state index in [-0.39, 0.29) is 5.91 Å². The molecule has 1 saturated carbocycles. The maximum atomic E-state index is 12.5. The minimum atomic E-state index is -0.682. The summed E-state index contributed by atoms with van der Waals surface area (Å²) in [5, 5.41) is 2.89. The number of rotatable bonds is 4. The van der Waals surface area contributed by atoms with Crippen LogP contribution in [-0.4, -0.2) is 18.0 Å². The van der Waals surface area contributed by atoms with Crippen LogP contribution in [0.15, 0.2) is 24.3 Å². The highest BCUT2D eigenvalue weighted by Gasteiger charge is 2.43. The molecule has 0 unspecified atom stereocenters. The highest BCUT2D eigenvalue weighted by Crippen LogP contribution is 2.39. The van der Waals surface area contributed by atoms with Crippen LogP contribution in [-0.2, 0) is 4.79 Å². The average Bonchev–Trinajstić information content (AvgIpc) is 2.89. The van der Waals surface area contributed by atoms with Gasteiger partial charge in [-0.1, -0.05) is 31.1 Å². The second-order valence-electron chi connectivity index (χ2n) is 4.84. The molecule has 102 valence electrons. The Bertz CT molecular complexity index is 496. The molecule has 0 aliphatic heterocycles. The molecule has 0 atom stereocenters. The van der Waals surface area contributed by atoms with Crippen LogP contribution in [0.4, 0.5) is 5.69 Å². The number of ether oxygens (including phenoxy) is 1. The zero-order chi connectivity index (χ0) is 13.9. The zero-order valence-corrected chi connectivity index (χ0v) is 11.8. The van der Waals surface area contributed by atoms with Crippen LogP contribution in [0, 0.1) is 5.41 Å². The number of amides is 1. The largest absolute Gasteiger partial charge is 0.497 e. The normalized spacial score (nSPS) is 16.9. The Morgan fingerprint density at radius 1 is 1.42 bits per heavy atom. The van der Waals surface area contributed by atoms with Crippen LogP contribution in [0.5, 0.6) is 5.75 Å². The van der Waals surface area contributed by atoms with Gasteiger partial charge in [0.05, 0.1) is 17.5 Å². The van der Waals surface area contributed by atoms with Gasteiger partial charge in [0, 0.05) is 11.8 Å². The third kappa shape index (κ3) is 2.71. The molecule has 0 bridgehead atoms. The molecular weight excluding hydrogens is 260 g/mol. The predicted molar refractivity (Wildman–Crippen MR) is 79.3 cm³/mol. The van der Waals surface area contributed by atoms with Crippen LogP contribution >= 0.6 is 12.2 Å². The molecular formula is C14H18N2O2S. The molecule has 0 saturated heterocycles. The first-order chi connectivity index (χ1) is 9.08. The van der Waals surface area contributed by atoms with Crippen LogP contribution < -0.4 is 15.8 Å². The highest BCUT2D eigenvalue weighted by molar-refractivity contribution is 7.80. The van der Waals surface area contributed by atoms with Crippen molar-refractivity contribution in [1.29, 1.82) is 0 Å². The summed E-state index contributed by atoms with van der Waals surface area (Å²) in [4.78, 5) is 12.8. The molecule has 1 fully saturated rings. The second-order valence-corrected chi connectivity index (χ2v) is 5.28. The van der Waals surface area contributed by atoms with Crippen molar-refractivity contribution < 1.29 is 9.53 Å². The number of hydrogen-bond donors (Lipinski definition) is 2. The van der Waals surface area contributed by atoms with E-state index in [1.807, 2.05) is 18.2 Å². The van der Waals surface area contributed by atoms with Crippen LogP contribution in [0.1, 0.15) is 25.7 Å². The Balaban J connectivity index is 2.17. The number of methoxy groups -OCH3 is 1. The predicted octanol–water partition coefficient (Wildman–Crippen LogP) is 2.48. The summed E-state index contributed by atoms with van der Waals surface area (Å²) >= 11 is 5.10. The van der Waals surface area contributed by atoms with E-state index < -0.39 is 5.41 Å². The van der Waals surface area contributed by atoms with Gasteiger partial charge < -0.3 is 15.8 Å². The zero-order valence-electron chi connectivity index (χ0n) is 10.9. The van der Waals surface area contributed by atoms with Gasteiger partial charge in [-0.05, 0) is 25.0 Å². The van der Waals surface area contributed by atoms with Crippen molar-refractivity contribution >= 4 is 28.8 Å². The van der Waals surface area contributed by atoms with E-state index in [9.17, 15) is 4.79 Å². The standard InChI is InChI=1S/C14H18N2O2S/c1-18-11-6-4-5-10(9-11)16-13(17)14(12(15)19)7-2-3-8-14/h4-6,9H,2-3,7-8H2,1H3,(H2,15,19)(H,16,17). The van der Waals surface area contributed by atoms with Crippen molar-refractivity contribution in [2.75, 3.05) is 12.4 Å². The SMILES string of the molecule is COc1cccc(NC(=O)C2(C(N)=S)CCCC2)c1. The van der Waals surface area contributed by atoms with E-state index in [2.05, 4.69) is 5.32 Å². The summed E-state index contributed by atoms with van der Waals surface area (Å²) in [5.41, 5.74) is 5.81. The molecule has 19 heavy (non-hydrogen) atoms. The summed E-state index contributed by atoms with van der Waals surface area (Å²) < 4.78 is 5.13. The number of nitrogens with one attached hydrogen (secondary N) is 1. The first-order valence-corrected chi connectivity index (χ1v) is 6.75. The Labute approximate surface area is 118 Å². The fourth-order valence-electron chi connectivity index (χ4n) is 2.52. The van der Waals surface area contributed by atoms with Gasteiger partial charge in [-0.25, -0.2) is 0 Å². The molecule has 1 aliphatic rings. The number of hydrogen-bond acceptors (Lipinski definition) is 3. The van der Waals surface area contributed by atoms with Crippen molar-refractivity contribution in [2.24, 2.45) is 11.1 Å². The van der Waals surface area contributed by atoms with Crippen LogP contribution in [0.25, 0.3) is 0 Å². The lowest BCUT2D eigenvalue weighted by atomic mass is 9.85. The van der Waals surface area contributed by atoms with Crippen LogP contribution in [0.2, 0.25) is 0 Å². The molecule has 0 aromatic heterocycles. The van der Waals surface area contributed by atoms with Gasteiger partial charge in [0.1, 0.15) is 5.75 Å². The lowest BCUT2D eigenvalue weighted by Crippen LogP contribution is -2.43. The molecule has 1 aromatic carbocycles. The van der Waals surface area contributed by atoms with Crippen molar-refractivity contribution in [3.63, 3.8) is 0 Å². The van der Waals surface area contributed by atoms with Gasteiger partial charge in [-0.15, -0.1) is 0 Å². The number of carbonyl (C=O) groups excluding carboxylic acids is 1. The van der Waals surface area contributed by atoms with E-state index >= 15 is 0 Å². The van der Waals surface area contributed by atoms with Gasteiger partial charge in [0.15, 0.2) is 0 Å². The van der Waals surface area contributed by atoms with Gasteiger partial charge in [0.2, 0.25) is 5.91 Å². The van der Waals surface area contributed by atoms with E-state index in [0.29, 0.717) is 16.4 Å². The summed E-state index contributed by atoms with van der Waals surface area (Å²) in [6, 6.07) is 7.26. The smallest absolute Gasteiger partial charge is 0.237 e. The molecule has 4 nitrogen and oxygen atoms in total. The molecule has 0 radical (unpaired) electrons. The molecule has 1 aromatic rings. The fraction of sp³-hybridized carbons (Fsp3) is 0.429. The minimum absolute atomic E-state index is 0.106. The quantitative estimate of drug-likeness (QED) is 0.831. The number of anilines is 1. The van der Waals surface area contributed by atoms with Gasteiger partial charge in [-0.3, -0.25) is 4.79 Å². The lowest BCUT2D eigenvalue weighted by Gasteiger charge is -2.26. The van der Waals surface area contributed by atoms with Crippen molar-refractivity contribution in [3.8, 4) is 5.75 Å². The molecule has 0 spiro atoms. The van der Waals surface area contributed by atoms with Crippen molar-refractivity contribution in [2.45, 2.75) is 25.7 Å². The van der Waals surface area contributed by atoms with Crippen molar-refractivity contribution in [1.82, 2.24) is 0 Å². The summed E-state index contributed by atoms with van der Waals surface area (Å²) in [6.07, 6.45) is 3.45. The minimum Gasteiger partial charge on any atom is -0.497 e. The second kappa shape index (κ2) is 5.57. The molecule has 3 N–H and O–H groups in total. The maximum absolute atomic E-state index is 12.5. The first kappa shape index (κ1) is 13.8. The van der Waals surface area contributed by atoms with Gasteiger partial charge in [0.25, 0.3) is 0 Å². The Kier molecular flexibility index (Phi) is 4.04. The first-order valence-electron chi connectivity index (χ1n) is 6.34. The summed E-state index contributed by atoms with van der Waals surface area (Å²) in [6.45, 7) is 0. The topological polar surface area (TPSA) is 64.3 Å². The number of nitrogens with two attached hydrogens (primary N) is 1. The third-order valence-corrected chi connectivity index (χ3v) is 4.08. The fourth-order valence-corrected chi connectivity index (χ4v) is 2.81. The molecule has 1 amide bonds. The summed E-state index contributed by atoms with van der Waals surface area (Å²) in [5.74, 6) is 0.597. The monoisotopic (exact) mass is 278 g/mol. The van der Waals surface area contributed by atoms with E-state index in [4.69, 9.17) is 22.7 Å². The highest BCUT2D eigenvalue weighted by atomic mass is 32.1. The van der Waals surface area contributed by atoms with E-state index in [1.165, 1.54) is 0 Å². The van der Waals surface area contributed by atoms with Gasteiger partial charge >= 0.3 is 0 Å². The van der Waals surface area contributed by atoms with E-state index in [0.717, 1.165) is 25.7 Å². The molecule has 2 rings (SSSR count). The molecule has 0 heterocycles. The maximum Gasteiger partial charge on any atom is 0.237 e. The number of benzene rings is 1. The van der Waals surface area contributed by atoms with Gasteiger partial charge in [-0.2, -0.15) is 0 Å². The third-order valence-electron chi connectivity index (χ3n) is 3.69. The number of thiocarbonyl (C=S) groups is 1. The van der Waals surface area contributed by atoms with E-state index in [1.54, 1.807) is 13.2 Å². The number of carbonyl (C=O) groups is 1.